The number of rotatable bonds is 6. The van der Waals surface area contributed by atoms with Crippen LogP contribution in [0, 0.1) is 6.92 Å². The number of piperazine rings is 1. The molecule has 2 aromatic carbocycles. The van der Waals surface area contributed by atoms with Crippen LogP contribution < -0.4 is 15.9 Å². The number of hydrogen-bond acceptors (Lipinski definition) is 6. The van der Waals surface area contributed by atoms with Crippen LogP contribution in [0.25, 0.3) is 5.69 Å². The second-order valence-electron chi connectivity index (χ2n) is 8.86. The molecule has 2 aromatic heterocycles. The van der Waals surface area contributed by atoms with Gasteiger partial charge in [-0.15, -0.1) is 0 Å². The van der Waals surface area contributed by atoms with E-state index < -0.39 is 0 Å². The Morgan fingerprint density at radius 3 is 2.24 bits per heavy atom. The molecule has 2 amide bonds. The first-order chi connectivity index (χ1) is 18.0. The number of H-pyrrole nitrogens is 1. The molecule has 0 atom stereocenters. The molecule has 10 nitrogen and oxygen atoms in total. The van der Waals surface area contributed by atoms with E-state index >= 15 is 0 Å². The van der Waals surface area contributed by atoms with Gasteiger partial charge in [-0.3, -0.25) is 14.2 Å². The molecule has 3 heterocycles. The Kier molecular flexibility index (Phi) is 6.80. The summed E-state index contributed by atoms with van der Waals surface area (Å²) in [5.74, 6) is 0.505. The van der Waals surface area contributed by atoms with E-state index in [9.17, 15) is 14.4 Å². The van der Waals surface area contributed by atoms with Gasteiger partial charge in [0.15, 0.2) is 0 Å². The Labute approximate surface area is 213 Å². The van der Waals surface area contributed by atoms with Gasteiger partial charge in [-0.1, -0.05) is 12.1 Å². The fourth-order valence-electron chi connectivity index (χ4n) is 4.34. The minimum Gasteiger partial charge on any atom is -0.339 e. The van der Waals surface area contributed by atoms with Crippen LogP contribution in [0.3, 0.4) is 0 Å². The highest BCUT2D eigenvalue weighted by molar-refractivity contribution is 6.04. The standard InChI is InChI=1S/C27H27N7O3/c1-19-18-30-27(37)34(19)23-9-5-21(6-10-23)25(36)31-22-7-3-20(4-8-22)17-24(35)32-13-15-33(16-14-32)26-28-11-2-12-29-26/h2-12,18H,13-17H2,1H3,(H,30,37)(H,31,36). The number of carbonyl (C=O) groups is 2. The quantitative estimate of drug-likeness (QED) is 0.423. The Hall–Kier alpha value is -4.73. The van der Waals surface area contributed by atoms with E-state index in [1.165, 1.54) is 0 Å². The highest BCUT2D eigenvalue weighted by atomic mass is 16.2. The Bertz CT molecular complexity index is 1440. The minimum atomic E-state index is -0.256. The number of amides is 2. The van der Waals surface area contributed by atoms with Crippen molar-refractivity contribution in [2.24, 2.45) is 0 Å². The Morgan fingerprint density at radius 1 is 0.946 bits per heavy atom. The van der Waals surface area contributed by atoms with Crippen LogP contribution >= 0.6 is 0 Å². The number of anilines is 2. The monoisotopic (exact) mass is 497 g/mol. The molecule has 1 saturated heterocycles. The van der Waals surface area contributed by atoms with Crippen LogP contribution in [0.15, 0.2) is 78.0 Å². The maximum atomic E-state index is 12.8. The molecule has 1 aliphatic heterocycles. The molecule has 1 fully saturated rings. The number of imidazole rings is 1. The lowest BCUT2D eigenvalue weighted by molar-refractivity contribution is -0.130. The molecule has 1 aliphatic rings. The lowest BCUT2D eigenvalue weighted by Gasteiger charge is -2.34. The van der Waals surface area contributed by atoms with Crippen molar-refractivity contribution in [3.05, 3.63) is 100 Å². The summed E-state index contributed by atoms with van der Waals surface area (Å²) in [6.45, 7) is 4.48. The number of hydrogen-bond donors (Lipinski definition) is 2. The summed E-state index contributed by atoms with van der Waals surface area (Å²) in [5.41, 5.74) is 3.24. The third-order valence-corrected chi connectivity index (χ3v) is 6.38. The molecule has 5 rings (SSSR count). The van der Waals surface area contributed by atoms with Crippen molar-refractivity contribution in [3.63, 3.8) is 0 Å². The van der Waals surface area contributed by atoms with Gasteiger partial charge in [-0.2, -0.15) is 0 Å². The van der Waals surface area contributed by atoms with E-state index in [-0.39, 0.29) is 17.5 Å². The van der Waals surface area contributed by atoms with Crippen molar-refractivity contribution in [3.8, 4) is 5.69 Å². The molecule has 0 unspecified atom stereocenters. The number of nitrogens with one attached hydrogen (secondary N) is 2. The number of carbonyl (C=O) groups excluding carboxylic acids is 2. The maximum Gasteiger partial charge on any atom is 0.330 e. The molecule has 0 saturated carbocycles. The second kappa shape index (κ2) is 10.5. The van der Waals surface area contributed by atoms with E-state index in [1.807, 2.05) is 24.0 Å². The normalized spacial score (nSPS) is 13.4. The summed E-state index contributed by atoms with van der Waals surface area (Å²) < 4.78 is 1.54. The lowest BCUT2D eigenvalue weighted by Crippen LogP contribution is -2.49. The number of benzene rings is 2. The van der Waals surface area contributed by atoms with Crippen molar-refractivity contribution < 1.29 is 9.59 Å². The molecule has 188 valence electrons. The summed E-state index contributed by atoms with van der Waals surface area (Å²) >= 11 is 0. The van der Waals surface area contributed by atoms with E-state index in [0.717, 1.165) is 11.3 Å². The van der Waals surface area contributed by atoms with Gasteiger partial charge in [0.1, 0.15) is 0 Å². The first-order valence-corrected chi connectivity index (χ1v) is 12.1. The number of aromatic amines is 1. The zero-order valence-corrected chi connectivity index (χ0v) is 20.4. The molecule has 0 aliphatic carbocycles. The van der Waals surface area contributed by atoms with Crippen LogP contribution in [0.1, 0.15) is 21.6 Å². The summed E-state index contributed by atoms with van der Waals surface area (Å²) in [5, 5.41) is 2.87. The van der Waals surface area contributed by atoms with Gasteiger partial charge in [0.05, 0.1) is 12.1 Å². The number of aryl methyl sites for hydroxylation is 1. The highest BCUT2D eigenvalue weighted by Crippen LogP contribution is 2.16. The first kappa shape index (κ1) is 24.0. The third kappa shape index (κ3) is 5.43. The molecule has 2 N–H and O–H groups in total. The van der Waals surface area contributed by atoms with Gasteiger partial charge in [0.2, 0.25) is 11.9 Å². The highest BCUT2D eigenvalue weighted by Gasteiger charge is 2.22. The summed E-state index contributed by atoms with van der Waals surface area (Å²) in [6.07, 6.45) is 5.38. The molecule has 0 spiro atoms. The maximum absolute atomic E-state index is 12.8. The van der Waals surface area contributed by atoms with Gasteiger partial charge >= 0.3 is 5.69 Å². The molecule has 0 bridgehead atoms. The van der Waals surface area contributed by atoms with E-state index in [2.05, 4.69) is 25.2 Å². The predicted octanol–water partition coefficient (Wildman–Crippen LogP) is 2.41. The smallest absolute Gasteiger partial charge is 0.330 e. The third-order valence-electron chi connectivity index (χ3n) is 6.38. The second-order valence-corrected chi connectivity index (χ2v) is 8.86. The van der Waals surface area contributed by atoms with E-state index in [4.69, 9.17) is 0 Å². The van der Waals surface area contributed by atoms with Crippen molar-refractivity contribution >= 4 is 23.5 Å². The lowest BCUT2D eigenvalue weighted by atomic mass is 10.1. The van der Waals surface area contributed by atoms with Crippen molar-refractivity contribution in [1.82, 2.24) is 24.4 Å². The van der Waals surface area contributed by atoms with Crippen LogP contribution in [0.4, 0.5) is 11.6 Å². The zero-order chi connectivity index (χ0) is 25.8. The zero-order valence-electron chi connectivity index (χ0n) is 20.4. The fourth-order valence-corrected chi connectivity index (χ4v) is 4.34. The Morgan fingerprint density at radius 2 is 1.62 bits per heavy atom. The van der Waals surface area contributed by atoms with Crippen LogP contribution in [0.5, 0.6) is 0 Å². The largest absolute Gasteiger partial charge is 0.339 e. The molecule has 10 heteroatoms. The van der Waals surface area contributed by atoms with Crippen LogP contribution in [-0.2, 0) is 11.2 Å². The number of aromatic nitrogens is 4. The minimum absolute atomic E-state index is 0.0715. The Balaban J connectivity index is 1.14. The fraction of sp³-hybridized carbons (Fsp3) is 0.222. The molecule has 4 aromatic rings. The molecular formula is C27H27N7O3. The van der Waals surface area contributed by atoms with Crippen LogP contribution in [0.2, 0.25) is 0 Å². The SMILES string of the molecule is Cc1c[nH]c(=O)n1-c1ccc(C(=O)Nc2ccc(CC(=O)N3CCN(c4ncccn4)CC3)cc2)cc1. The summed E-state index contributed by atoms with van der Waals surface area (Å²) in [7, 11) is 0. The predicted molar refractivity (Wildman–Crippen MR) is 140 cm³/mol. The van der Waals surface area contributed by atoms with Crippen molar-refractivity contribution in [2.45, 2.75) is 13.3 Å². The van der Waals surface area contributed by atoms with Gasteiger partial charge in [-0.25, -0.2) is 14.8 Å². The molecular weight excluding hydrogens is 470 g/mol. The van der Waals surface area contributed by atoms with Gasteiger partial charge < -0.3 is 20.1 Å². The average molecular weight is 498 g/mol. The van der Waals surface area contributed by atoms with Crippen molar-refractivity contribution in [1.29, 1.82) is 0 Å². The van der Waals surface area contributed by atoms with E-state index in [0.29, 0.717) is 55.5 Å². The molecule has 0 radical (unpaired) electrons. The van der Waals surface area contributed by atoms with Crippen LogP contribution in [-0.4, -0.2) is 62.4 Å². The topological polar surface area (TPSA) is 116 Å². The number of nitrogens with zero attached hydrogens (tertiary/aromatic N) is 5. The summed E-state index contributed by atoms with van der Waals surface area (Å²) in [4.78, 5) is 52.6. The first-order valence-electron chi connectivity index (χ1n) is 12.1. The van der Waals surface area contributed by atoms with Gasteiger partial charge in [0, 0.05) is 61.7 Å². The van der Waals surface area contributed by atoms with Crippen molar-refractivity contribution in [2.75, 3.05) is 36.4 Å². The van der Waals surface area contributed by atoms with E-state index in [1.54, 1.807) is 65.6 Å². The molecule has 37 heavy (non-hydrogen) atoms. The van der Waals surface area contributed by atoms with Gasteiger partial charge in [-0.05, 0) is 55.0 Å². The average Bonchev–Trinajstić information content (AvgIpc) is 3.28. The van der Waals surface area contributed by atoms with Gasteiger partial charge in [0.25, 0.3) is 5.91 Å². The summed E-state index contributed by atoms with van der Waals surface area (Å²) in [6, 6.07) is 15.9.